The third kappa shape index (κ3) is 13.3. The maximum Gasteiger partial charge on any atom is -0.0357 e. The van der Waals surface area contributed by atoms with Crippen molar-refractivity contribution in [3.05, 3.63) is 0 Å². The van der Waals surface area contributed by atoms with E-state index in [4.69, 9.17) is 0 Å². The molecule has 0 aromatic heterocycles. The van der Waals surface area contributed by atoms with Gasteiger partial charge in [0.25, 0.3) is 0 Å². The fourth-order valence-electron chi connectivity index (χ4n) is 3.71. The average Bonchev–Trinajstić information content (AvgIpc) is 2.55. The Balaban J connectivity index is 0. The second-order valence-electron chi connectivity index (χ2n) is 9.18. The SMILES string of the molecule is CC.CC(C)C.CCCC1CCC(CCC(C)(C)CC)CC1CC. The summed E-state index contributed by atoms with van der Waals surface area (Å²) in [7, 11) is 0. The molecule has 0 aromatic rings. The van der Waals surface area contributed by atoms with E-state index in [1.807, 2.05) is 13.8 Å². The minimum atomic E-state index is 0.571. The molecule has 0 nitrogen and oxygen atoms in total. The van der Waals surface area contributed by atoms with Crippen molar-refractivity contribution in [1.29, 1.82) is 0 Å². The highest BCUT2D eigenvalue weighted by Gasteiger charge is 2.29. The molecule has 0 heterocycles. The summed E-state index contributed by atoms with van der Waals surface area (Å²) in [6.07, 6.45) is 13.1. The van der Waals surface area contributed by atoms with Crippen molar-refractivity contribution < 1.29 is 0 Å². The topological polar surface area (TPSA) is 0 Å². The van der Waals surface area contributed by atoms with E-state index in [9.17, 15) is 0 Å². The Bertz CT molecular complexity index is 248. The first-order chi connectivity index (χ1) is 11.3. The van der Waals surface area contributed by atoms with Crippen molar-refractivity contribution >= 4 is 0 Å². The normalized spacial score (nSPS) is 23.9. The molecule has 0 aliphatic heterocycles. The van der Waals surface area contributed by atoms with Gasteiger partial charge in [0.05, 0.1) is 0 Å². The van der Waals surface area contributed by atoms with E-state index in [-0.39, 0.29) is 0 Å². The minimum absolute atomic E-state index is 0.571. The van der Waals surface area contributed by atoms with Crippen molar-refractivity contribution in [2.75, 3.05) is 0 Å². The van der Waals surface area contributed by atoms with Gasteiger partial charge in [-0.05, 0) is 54.8 Å². The van der Waals surface area contributed by atoms with Crippen LogP contribution < -0.4 is 0 Å². The molecule has 0 saturated heterocycles. The summed E-state index contributed by atoms with van der Waals surface area (Å²) in [6, 6.07) is 0. The van der Waals surface area contributed by atoms with Gasteiger partial charge in [0.2, 0.25) is 0 Å². The molecule has 24 heavy (non-hydrogen) atoms. The Morgan fingerprint density at radius 1 is 0.875 bits per heavy atom. The van der Waals surface area contributed by atoms with Gasteiger partial charge in [0.1, 0.15) is 0 Å². The first kappa shape index (κ1) is 26.2. The zero-order chi connectivity index (χ0) is 19.2. The van der Waals surface area contributed by atoms with Gasteiger partial charge in [-0.2, -0.15) is 0 Å². The maximum atomic E-state index is 2.44. The van der Waals surface area contributed by atoms with Gasteiger partial charge in [-0.25, -0.2) is 0 Å². The molecule has 0 radical (unpaired) electrons. The van der Waals surface area contributed by atoms with Crippen LogP contribution in [0.2, 0.25) is 0 Å². The molecule has 0 spiro atoms. The molecule has 0 aromatic carbocycles. The lowest BCUT2D eigenvalue weighted by atomic mass is 9.69. The van der Waals surface area contributed by atoms with Crippen LogP contribution in [0.4, 0.5) is 0 Å². The van der Waals surface area contributed by atoms with Crippen LogP contribution in [0, 0.1) is 29.1 Å². The molecule has 3 unspecified atom stereocenters. The average molecular weight is 341 g/mol. The smallest absolute Gasteiger partial charge is 0.0357 e. The van der Waals surface area contributed by atoms with Crippen LogP contribution in [-0.4, -0.2) is 0 Å². The molecule has 1 fully saturated rings. The predicted octanol–water partition coefficient (Wildman–Crippen LogP) is 9.13. The van der Waals surface area contributed by atoms with Crippen molar-refractivity contribution in [2.24, 2.45) is 29.1 Å². The third-order valence-electron chi connectivity index (χ3n) is 5.62. The van der Waals surface area contributed by atoms with E-state index in [1.165, 1.54) is 57.8 Å². The van der Waals surface area contributed by atoms with E-state index >= 15 is 0 Å². The maximum absolute atomic E-state index is 2.44. The van der Waals surface area contributed by atoms with Gasteiger partial charge in [0, 0.05) is 0 Å². The predicted molar refractivity (Wildman–Crippen MR) is 115 cm³/mol. The summed E-state index contributed by atoms with van der Waals surface area (Å²) in [5.41, 5.74) is 0.571. The summed E-state index contributed by atoms with van der Waals surface area (Å²) in [5.74, 6) is 3.96. The standard InChI is InChI=1S/C18H36.C4H10.C2H6/c1-6-9-17-11-10-15(14-16(17)7-2)12-13-18(4,5)8-3;1-4(2)3;1-2/h15-17H,6-14H2,1-5H3;4H,1-3H3;1-2H3. The molecule has 0 N–H and O–H groups in total. The van der Waals surface area contributed by atoms with Gasteiger partial charge in [0.15, 0.2) is 0 Å². The molecule has 0 amide bonds. The highest BCUT2D eigenvalue weighted by molar-refractivity contribution is 4.80. The van der Waals surface area contributed by atoms with Crippen LogP contribution >= 0.6 is 0 Å². The molecule has 3 atom stereocenters. The monoisotopic (exact) mass is 340 g/mol. The molecular weight excluding hydrogens is 288 g/mol. The quantitative estimate of drug-likeness (QED) is 0.433. The number of hydrogen-bond donors (Lipinski definition) is 0. The first-order valence-electron chi connectivity index (χ1n) is 11.3. The fourth-order valence-corrected chi connectivity index (χ4v) is 3.71. The second-order valence-corrected chi connectivity index (χ2v) is 9.18. The molecular formula is C24H52. The van der Waals surface area contributed by atoms with Gasteiger partial charge < -0.3 is 0 Å². The lowest BCUT2D eigenvalue weighted by molar-refractivity contribution is 0.145. The van der Waals surface area contributed by atoms with Crippen molar-refractivity contribution in [3.8, 4) is 0 Å². The Morgan fingerprint density at radius 3 is 1.83 bits per heavy atom. The van der Waals surface area contributed by atoms with Gasteiger partial charge in [-0.1, -0.05) is 101 Å². The van der Waals surface area contributed by atoms with Crippen LogP contribution in [-0.2, 0) is 0 Å². The summed E-state index contributed by atoms with van der Waals surface area (Å²) >= 11 is 0. The van der Waals surface area contributed by atoms with Gasteiger partial charge >= 0.3 is 0 Å². The Morgan fingerprint density at radius 2 is 1.42 bits per heavy atom. The first-order valence-corrected chi connectivity index (χ1v) is 11.3. The summed E-state index contributed by atoms with van der Waals surface area (Å²) in [5, 5.41) is 0. The van der Waals surface area contributed by atoms with E-state index in [2.05, 4.69) is 55.4 Å². The Kier molecular flexibility index (Phi) is 16.7. The zero-order valence-electron chi connectivity index (χ0n) is 19.2. The Labute approximate surface area is 156 Å². The third-order valence-corrected chi connectivity index (χ3v) is 5.62. The highest BCUT2D eigenvalue weighted by Crippen LogP contribution is 2.41. The fraction of sp³-hybridized carbons (Fsp3) is 1.00. The van der Waals surface area contributed by atoms with E-state index in [1.54, 1.807) is 0 Å². The van der Waals surface area contributed by atoms with Crippen LogP contribution in [0.1, 0.15) is 127 Å². The molecule has 148 valence electrons. The lowest BCUT2D eigenvalue weighted by Crippen LogP contribution is -2.25. The van der Waals surface area contributed by atoms with Gasteiger partial charge in [-0.15, -0.1) is 0 Å². The Hall–Kier alpha value is 0. The van der Waals surface area contributed by atoms with Crippen molar-refractivity contribution in [1.82, 2.24) is 0 Å². The van der Waals surface area contributed by atoms with E-state index in [0.29, 0.717) is 5.41 Å². The molecule has 1 rings (SSSR count). The summed E-state index contributed by atoms with van der Waals surface area (Å²) < 4.78 is 0. The highest BCUT2D eigenvalue weighted by atomic mass is 14.3. The van der Waals surface area contributed by atoms with Crippen LogP contribution in [0.3, 0.4) is 0 Å². The molecule has 0 heteroatoms. The molecule has 0 bridgehead atoms. The lowest BCUT2D eigenvalue weighted by Gasteiger charge is -2.37. The second kappa shape index (κ2) is 15.3. The number of rotatable bonds is 7. The zero-order valence-corrected chi connectivity index (χ0v) is 19.2. The van der Waals surface area contributed by atoms with Crippen LogP contribution in [0.5, 0.6) is 0 Å². The molecule has 1 aliphatic rings. The summed E-state index contributed by atoms with van der Waals surface area (Å²) in [6.45, 7) is 22.5. The molecule has 1 aliphatic carbocycles. The van der Waals surface area contributed by atoms with Crippen LogP contribution in [0.15, 0.2) is 0 Å². The number of hydrogen-bond acceptors (Lipinski definition) is 0. The minimum Gasteiger partial charge on any atom is -0.0683 e. The van der Waals surface area contributed by atoms with Gasteiger partial charge in [-0.3, -0.25) is 0 Å². The molecule has 1 saturated carbocycles. The van der Waals surface area contributed by atoms with E-state index in [0.717, 1.165) is 23.7 Å². The van der Waals surface area contributed by atoms with Crippen molar-refractivity contribution in [2.45, 2.75) is 127 Å². The summed E-state index contributed by atoms with van der Waals surface area (Å²) in [4.78, 5) is 0. The van der Waals surface area contributed by atoms with Crippen LogP contribution in [0.25, 0.3) is 0 Å². The largest absolute Gasteiger partial charge is 0.0683 e. The van der Waals surface area contributed by atoms with Crippen molar-refractivity contribution in [3.63, 3.8) is 0 Å². The van der Waals surface area contributed by atoms with E-state index < -0.39 is 0 Å².